The lowest BCUT2D eigenvalue weighted by Crippen LogP contribution is -2.40. The van der Waals surface area contributed by atoms with Crippen LogP contribution in [-0.4, -0.2) is 38.2 Å². The van der Waals surface area contributed by atoms with Crippen molar-refractivity contribution >= 4 is 27.7 Å². The SMILES string of the molecule is Cn1c(C(=O)N2CCCC(Br)C2)ccc1[N+](=O)[O-]. The third kappa shape index (κ3) is 2.40. The van der Waals surface area contributed by atoms with Crippen molar-refractivity contribution in [3.63, 3.8) is 0 Å². The molecule has 1 amide bonds. The molecule has 0 radical (unpaired) electrons. The molecule has 1 saturated heterocycles. The van der Waals surface area contributed by atoms with Crippen LogP contribution >= 0.6 is 15.9 Å². The summed E-state index contributed by atoms with van der Waals surface area (Å²) in [5, 5.41) is 10.7. The fourth-order valence-corrected chi connectivity index (χ4v) is 2.84. The molecule has 1 aromatic heterocycles. The van der Waals surface area contributed by atoms with E-state index >= 15 is 0 Å². The second-order valence-corrected chi connectivity index (χ2v) is 5.68. The van der Waals surface area contributed by atoms with Gasteiger partial charge in [-0.1, -0.05) is 15.9 Å². The number of carbonyl (C=O) groups is 1. The number of likely N-dealkylation sites (tertiary alicyclic amines) is 1. The van der Waals surface area contributed by atoms with E-state index in [4.69, 9.17) is 0 Å². The standard InChI is InChI=1S/C11H14BrN3O3/c1-13-9(4-5-10(13)15(17)18)11(16)14-6-2-3-8(12)7-14/h4-5,8H,2-3,6-7H2,1H3. The van der Waals surface area contributed by atoms with E-state index in [9.17, 15) is 14.9 Å². The van der Waals surface area contributed by atoms with E-state index in [0.717, 1.165) is 12.8 Å². The molecule has 6 nitrogen and oxygen atoms in total. The Morgan fingerprint density at radius 1 is 1.56 bits per heavy atom. The van der Waals surface area contributed by atoms with Crippen molar-refractivity contribution in [2.45, 2.75) is 17.7 Å². The molecule has 0 aromatic carbocycles. The molecular weight excluding hydrogens is 302 g/mol. The van der Waals surface area contributed by atoms with E-state index < -0.39 is 4.92 Å². The van der Waals surface area contributed by atoms with Crippen LogP contribution in [0.15, 0.2) is 12.1 Å². The first kappa shape index (κ1) is 13.1. The Morgan fingerprint density at radius 3 is 2.83 bits per heavy atom. The first-order chi connectivity index (χ1) is 8.50. The highest BCUT2D eigenvalue weighted by Crippen LogP contribution is 2.21. The molecule has 1 aromatic rings. The summed E-state index contributed by atoms with van der Waals surface area (Å²) in [6.45, 7) is 1.36. The second kappa shape index (κ2) is 5.09. The van der Waals surface area contributed by atoms with Crippen LogP contribution in [0.5, 0.6) is 0 Å². The van der Waals surface area contributed by atoms with Crippen molar-refractivity contribution in [1.29, 1.82) is 0 Å². The Bertz CT molecular complexity index is 486. The van der Waals surface area contributed by atoms with Gasteiger partial charge in [-0.2, -0.15) is 0 Å². The number of alkyl halides is 1. The zero-order valence-corrected chi connectivity index (χ0v) is 11.6. The van der Waals surface area contributed by atoms with Crippen LogP contribution in [0.2, 0.25) is 0 Å². The molecule has 0 spiro atoms. The first-order valence-electron chi connectivity index (χ1n) is 5.74. The summed E-state index contributed by atoms with van der Waals surface area (Å²) >= 11 is 3.51. The van der Waals surface area contributed by atoms with Crippen molar-refractivity contribution in [2.75, 3.05) is 13.1 Å². The summed E-state index contributed by atoms with van der Waals surface area (Å²) in [6, 6.07) is 2.88. The van der Waals surface area contributed by atoms with Gasteiger partial charge in [0.15, 0.2) is 5.69 Å². The third-order valence-electron chi connectivity index (χ3n) is 3.15. The van der Waals surface area contributed by atoms with E-state index in [1.165, 1.54) is 16.7 Å². The summed E-state index contributed by atoms with van der Waals surface area (Å²) < 4.78 is 1.33. The van der Waals surface area contributed by atoms with Gasteiger partial charge in [-0.3, -0.25) is 4.79 Å². The number of nitrogens with zero attached hydrogens (tertiary/aromatic N) is 3. The summed E-state index contributed by atoms with van der Waals surface area (Å²) in [6.07, 6.45) is 2.01. The van der Waals surface area contributed by atoms with Gasteiger partial charge in [-0.15, -0.1) is 0 Å². The smallest absolute Gasteiger partial charge is 0.323 e. The fourth-order valence-electron chi connectivity index (χ4n) is 2.17. The molecule has 1 fully saturated rings. The molecule has 18 heavy (non-hydrogen) atoms. The summed E-state index contributed by atoms with van der Waals surface area (Å²) in [4.78, 5) is 24.6. The maximum atomic E-state index is 12.3. The van der Waals surface area contributed by atoms with Gasteiger partial charge in [0.25, 0.3) is 5.91 Å². The average molecular weight is 316 g/mol. The summed E-state index contributed by atoms with van der Waals surface area (Å²) in [5.74, 6) is -0.208. The number of piperidine rings is 1. The van der Waals surface area contributed by atoms with Crippen molar-refractivity contribution < 1.29 is 9.72 Å². The van der Waals surface area contributed by atoms with Crippen molar-refractivity contribution in [3.05, 3.63) is 27.9 Å². The molecule has 7 heteroatoms. The van der Waals surface area contributed by atoms with Crippen LogP contribution in [-0.2, 0) is 7.05 Å². The molecule has 0 N–H and O–H groups in total. The van der Waals surface area contributed by atoms with Crippen LogP contribution in [0.3, 0.4) is 0 Å². The minimum Gasteiger partial charge on any atom is -0.358 e. The molecule has 0 aliphatic carbocycles. The molecule has 98 valence electrons. The Labute approximate surface area is 113 Å². The average Bonchev–Trinajstić information content (AvgIpc) is 2.70. The largest absolute Gasteiger partial charge is 0.358 e. The summed E-state index contributed by atoms with van der Waals surface area (Å²) in [7, 11) is 1.54. The topological polar surface area (TPSA) is 68.4 Å². The number of amides is 1. The number of hydrogen-bond acceptors (Lipinski definition) is 3. The van der Waals surface area contributed by atoms with Crippen LogP contribution < -0.4 is 0 Å². The maximum Gasteiger partial charge on any atom is 0.323 e. The van der Waals surface area contributed by atoms with Gasteiger partial charge in [0.2, 0.25) is 0 Å². The lowest BCUT2D eigenvalue weighted by molar-refractivity contribution is -0.391. The Hall–Kier alpha value is -1.37. The Morgan fingerprint density at radius 2 is 2.28 bits per heavy atom. The number of carbonyl (C=O) groups excluding carboxylic acids is 1. The van der Waals surface area contributed by atoms with E-state index in [1.54, 1.807) is 11.9 Å². The van der Waals surface area contributed by atoms with E-state index in [2.05, 4.69) is 15.9 Å². The highest BCUT2D eigenvalue weighted by molar-refractivity contribution is 9.09. The van der Waals surface area contributed by atoms with E-state index in [1.807, 2.05) is 0 Å². The number of nitro groups is 1. The van der Waals surface area contributed by atoms with Gasteiger partial charge in [0.1, 0.15) is 0 Å². The molecule has 1 atom stereocenters. The van der Waals surface area contributed by atoms with Crippen LogP contribution in [0.1, 0.15) is 23.3 Å². The number of halogens is 1. The van der Waals surface area contributed by atoms with Gasteiger partial charge in [-0.25, -0.2) is 4.57 Å². The van der Waals surface area contributed by atoms with Gasteiger partial charge >= 0.3 is 5.82 Å². The minimum absolute atomic E-state index is 0.0641. The highest BCUT2D eigenvalue weighted by atomic mass is 79.9. The molecule has 0 bridgehead atoms. The molecule has 1 aliphatic rings. The van der Waals surface area contributed by atoms with Crippen molar-refractivity contribution in [1.82, 2.24) is 9.47 Å². The zero-order valence-electron chi connectivity index (χ0n) is 10.0. The normalized spacial score (nSPS) is 19.9. The second-order valence-electron chi connectivity index (χ2n) is 4.38. The molecule has 1 aliphatic heterocycles. The Balaban J connectivity index is 2.21. The van der Waals surface area contributed by atoms with E-state index in [-0.39, 0.29) is 11.7 Å². The highest BCUT2D eigenvalue weighted by Gasteiger charge is 2.28. The maximum absolute atomic E-state index is 12.3. The van der Waals surface area contributed by atoms with Gasteiger partial charge in [0, 0.05) is 24.0 Å². The predicted octanol–water partition coefficient (Wildman–Crippen LogP) is 1.93. The molecule has 2 heterocycles. The summed E-state index contributed by atoms with van der Waals surface area (Å²) in [5.41, 5.74) is 0.364. The third-order valence-corrected chi connectivity index (χ3v) is 3.90. The zero-order chi connectivity index (χ0) is 13.3. The number of aromatic nitrogens is 1. The van der Waals surface area contributed by atoms with Crippen molar-refractivity contribution in [2.24, 2.45) is 7.05 Å². The first-order valence-corrected chi connectivity index (χ1v) is 6.65. The number of rotatable bonds is 2. The molecule has 2 rings (SSSR count). The van der Waals surface area contributed by atoms with Crippen LogP contribution in [0.25, 0.3) is 0 Å². The monoisotopic (exact) mass is 315 g/mol. The van der Waals surface area contributed by atoms with Gasteiger partial charge in [0.05, 0.1) is 7.05 Å². The molecule has 1 unspecified atom stereocenters. The lowest BCUT2D eigenvalue weighted by atomic mass is 10.1. The predicted molar refractivity (Wildman–Crippen MR) is 69.9 cm³/mol. The van der Waals surface area contributed by atoms with Gasteiger partial charge in [-0.05, 0) is 23.8 Å². The minimum atomic E-state index is -0.486. The molecule has 0 saturated carbocycles. The van der Waals surface area contributed by atoms with Crippen LogP contribution in [0.4, 0.5) is 5.82 Å². The molecular formula is C11H14BrN3O3. The quantitative estimate of drug-likeness (QED) is 0.476. The number of hydrogen-bond donors (Lipinski definition) is 0. The van der Waals surface area contributed by atoms with Gasteiger partial charge < -0.3 is 15.0 Å². The van der Waals surface area contributed by atoms with Crippen molar-refractivity contribution in [3.8, 4) is 0 Å². The fraction of sp³-hybridized carbons (Fsp3) is 0.545. The Kier molecular flexibility index (Phi) is 3.70. The van der Waals surface area contributed by atoms with Crippen LogP contribution in [0, 0.1) is 10.1 Å². The lowest BCUT2D eigenvalue weighted by Gasteiger charge is -2.29. The van der Waals surface area contributed by atoms with E-state index in [0.29, 0.717) is 23.6 Å².